The molecule has 0 bridgehead atoms. The summed E-state index contributed by atoms with van der Waals surface area (Å²) in [4.78, 5) is 0. The number of rotatable bonds is 5. The van der Waals surface area contributed by atoms with Crippen LogP contribution in [0.25, 0.3) is 0 Å². The van der Waals surface area contributed by atoms with Gasteiger partial charge in [0.2, 0.25) is 0 Å². The van der Waals surface area contributed by atoms with Crippen molar-refractivity contribution >= 4 is 23.2 Å². The fourth-order valence-electron chi connectivity index (χ4n) is 2.01. The van der Waals surface area contributed by atoms with E-state index in [1.165, 1.54) is 6.07 Å². The number of benzene rings is 1. The van der Waals surface area contributed by atoms with E-state index in [1.807, 2.05) is 18.5 Å². The molecule has 1 N–H and O–H groups in total. The van der Waals surface area contributed by atoms with Crippen LogP contribution in [0.3, 0.4) is 0 Å². The molecule has 1 aromatic heterocycles. The van der Waals surface area contributed by atoms with Crippen molar-refractivity contribution in [2.24, 2.45) is 0 Å². The first-order chi connectivity index (χ1) is 9.52. The Labute approximate surface area is 127 Å². The quantitative estimate of drug-likeness (QED) is 0.905. The first-order valence-electron chi connectivity index (χ1n) is 6.39. The highest BCUT2D eigenvalue weighted by molar-refractivity contribution is 6.31. The summed E-state index contributed by atoms with van der Waals surface area (Å²) in [6.07, 6.45) is 0. The van der Waals surface area contributed by atoms with E-state index in [9.17, 15) is 4.39 Å². The van der Waals surface area contributed by atoms with Crippen molar-refractivity contribution in [3.05, 3.63) is 51.0 Å². The van der Waals surface area contributed by atoms with Gasteiger partial charge in [-0.1, -0.05) is 29.3 Å². The van der Waals surface area contributed by atoms with E-state index in [2.05, 4.69) is 10.4 Å². The first-order valence-corrected chi connectivity index (χ1v) is 7.15. The van der Waals surface area contributed by atoms with Crippen LogP contribution < -0.4 is 5.32 Å². The second kappa shape index (κ2) is 6.57. The van der Waals surface area contributed by atoms with Crippen molar-refractivity contribution in [3.8, 4) is 0 Å². The highest BCUT2D eigenvalue weighted by Crippen LogP contribution is 2.20. The molecule has 1 heterocycles. The van der Waals surface area contributed by atoms with Crippen LogP contribution in [0.2, 0.25) is 10.0 Å². The lowest BCUT2D eigenvalue weighted by molar-refractivity contribution is 0.578. The van der Waals surface area contributed by atoms with Crippen molar-refractivity contribution in [1.82, 2.24) is 15.1 Å². The van der Waals surface area contributed by atoms with E-state index in [0.717, 1.165) is 23.5 Å². The van der Waals surface area contributed by atoms with Crippen LogP contribution >= 0.6 is 23.2 Å². The van der Waals surface area contributed by atoms with Gasteiger partial charge in [0.15, 0.2) is 0 Å². The first kappa shape index (κ1) is 15.3. The van der Waals surface area contributed by atoms with E-state index < -0.39 is 5.82 Å². The second-order valence-electron chi connectivity index (χ2n) is 4.51. The standard InChI is InChI=1S/C14H16Cl2FN3/c1-3-20-13(14(16)9(2)19-20)8-18-7-10-4-5-12(17)11(15)6-10/h4-6,18H,3,7-8H2,1-2H3. The van der Waals surface area contributed by atoms with Crippen LogP contribution in [0.1, 0.15) is 23.9 Å². The third kappa shape index (κ3) is 3.32. The van der Waals surface area contributed by atoms with Gasteiger partial charge in [-0.15, -0.1) is 0 Å². The topological polar surface area (TPSA) is 29.9 Å². The van der Waals surface area contributed by atoms with E-state index in [-0.39, 0.29) is 5.02 Å². The van der Waals surface area contributed by atoms with E-state index in [0.29, 0.717) is 18.1 Å². The summed E-state index contributed by atoms with van der Waals surface area (Å²) in [7, 11) is 0. The Bertz CT molecular complexity index is 611. The van der Waals surface area contributed by atoms with Gasteiger partial charge >= 0.3 is 0 Å². The highest BCUT2D eigenvalue weighted by Gasteiger charge is 2.11. The molecule has 0 saturated carbocycles. The Morgan fingerprint density at radius 3 is 2.70 bits per heavy atom. The number of hydrogen-bond donors (Lipinski definition) is 1. The van der Waals surface area contributed by atoms with Gasteiger partial charge in [-0.05, 0) is 31.5 Å². The van der Waals surface area contributed by atoms with Crippen molar-refractivity contribution in [1.29, 1.82) is 0 Å². The molecule has 108 valence electrons. The second-order valence-corrected chi connectivity index (χ2v) is 5.30. The van der Waals surface area contributed by atoms with Crippen molar-refractivity contribution < 1.29 is 4.39 Å². The number of nitrogens with one attached hydrogen (secondary N) is 1. The normalized spacial score (nSPS) is 11.1. The van der Waals surface area contributed by atoms with Crippen molar-refractivity contribution in [2.45, 2.75) is 33.5 Å². The maximum Gasteiger partial charge on any atom is 0.141 e. The minimum Gasteiger partial charge on any atom is -0.307 e. The van der Waals surface area contributed by atoms with Crippen LogP contribution in [-0.2, 0) is 19.6 Å². The fourth-order valence-corrected chi connectivity index (χ4v) is 2.42. The average molecular weight is 316 g/mol. The molecular weight excluding hydrogens is 300 g/mol. The van der Waals surface area contributed by atoms with E-state index in [1.54, 1.807) is 12.1 Å². The van der Waals surface area contributed by atoms with Crippen LogP contribution in [-0.4, -0.2) is 9.78 Å². The molecule has 0 aliphatic carbocycles. The molecule has 1 aromatic carbocycles. The molecule has 2 aromatic rings. The minimum absolute atomic E-state index is 0.136. The summed E-state index contributed by atoms with van der Waals surface area (Å²) in [5.41, 5.74) is 2.71. The molecule has 6 heteroatoms. The number of aromatic nitrogens is 2. The average Bonchev–Trinajstić information content (AvgIpc) is 2.70. The van der Waals surface area contributed by atoms with Crippen LogP contribution in [0, 0.1) is 12.7 Å². The molecule has 0 aliphatic heterocycles. The molecule has 0 spiro atoms. The van der Waals surface area contributed by atoms with Gasteiger partial charge in [-0.3, -0.25) is 4.68 Å². The predicted octanol–water partition coefficient (Wildman–Crippen LogP) is 3.95. The summed E-state index contributed by atoms with van der Waals surface area (Å²) < 4.78 is 14.9. The van der Waals surface area contributed by atoms with Gasteiger partial charge in [0.1, 0.15) is 5.82 Å². The van der Waals surface area contributed by atoms with Crippen LogP contribution in [0.15, 0.2) is 18.2 Å². The highest BCUT2D eigenvalue weighted by atomic mass is 35.5. The molecule has 0 radical (unpaired) electrons. The summed E-state index contributed by atoms with van der Waals surface area (Å²) in [6, 6.07) is 4.69. The molecular formula is C14H16Cl2FN3. The molecule has 0 unspecified atom stereocenters. The lowest BCUT2D eigenvalue weighted by Crippen LogP contribution is -2.16. The number of aryl methyl sites for hydroxylation is 2. The maximum absolute atomic E-state index is 13.1. The lowest BCUT2D eigenvalue weighted by Gasteiger charge is -2.08. The van der Waals surface area contributed by atoms with E-state index >= 15 is 0 Å². The zero-order valence-electron chi connectivity index (χ0n) is 11.4. The van der Waals surface area contributed by atoms with Crippen LogP contribution in [0.5, 0.6) is 0 Å². The maximum atomic E-state index is 13.1. The number of hydrogen-bond acceptors (Lipinski definition) is 2. The molecule has 0 aliphatic rings. The Kier molecular flexibility index (Phi) is 5.02. The molecule has 2 rings (SSSR count). The summed E-state index contributed by atoms with van der Waals surface area (Å²) in [6.45, 7) is 5.86. The minimum atomic E-state index is -0.404. The third-order valence-corrected chi connectivity index (χ3v) is 3.84. The van der Waals surface area contributed by atoms with Crippen molar-refractivity contribution in [3.63, 3.8) is 0 Å². The lowest BCUT2D eigenvalue weighted by atomic mass is 10.2. The van der Waals surface area contributed by atoms with Gasteiger partial charge < -0.3 is 5.32 Å². The molecule has 0 amide bonds. The predicted molar refractivity (Wildman–Crippen MR) is 79.6 cm³/mol. The largest absolute Gasteiger partial charge is 0.307 e. The Hall–Kier alpha value is -1.10. The Morgan fingerprint density at radius 2 is 2.05 bits per heavy atom. The fraction of sp³-hybridized carbons (Fsp3) is 0.357. The summed E-state index contributed by atoms with van der Waals surface area (Å²) in [5.74, 6) is -0.404. The van der Waals surface area contributed by atoms with Gasteiger partial charge in [-0.25, -0.2) is 4.39 Å². The van der Waals surface area contributed by atoms with Crippen molar-refractivity contribution in [2.75, 3.05) is 0 Å². The molecule has 0 atom stereocenters. The number of halogens is 3. The molecule has 0 saturated heterocycles. The molecule has 3 nitrogen and oxygen atoms in total. The summed E-state index contributed by atoms with van der Waals surface area (Å²) in [5, 5.41) is 8.45. The molecule has 0 fully saturated rings. The third-order valence-electron chi connectivity index (χ3n) is 3.06. The van der Waals surface area contributed by atoms with Crippen LogP contribution in [0.4, 0.5) is 4.39 Å². The zero-order valence-corrected chi connectivity index (χ0v) is 12.9. The Morgan fingerprint density at radius 1 is 1.30 bits per heavy atom. The van der Waals surface area contributed by atoms with Gasteiger partial charge in [0.25, 0.3) is 0 Å². The van der Waals surface area contributed by atoms with Gasteiger partial charge in [0, 0.05) is 19.6 Å². The van der Waals surface area contributed by atoms with E-state index in [4.69, 9.17) is 23.2 Å². The molecule has 20 heavy (non-hydrogen) atoms. The SMILES string of the molecule is CCn1nc(C)c(Cl)c1CNCc1ccc(F)c(Cl)c1. The van der Waals surface area contributed by atoms with Gasteiger partial charge in [0.05, 0.1) is 21.4 Å². The number of nitrogens with zero attached hydrogens (tertiary/aromatic N) is 2. The smallest absolute Gasteiger partial charge is 0.141 e. The zero-order chi connectivity index (χ0) is 14.7. The monoisotopic (exact) mass is 315 g/mol. The Balaban J connectivity index is 2.01. The van der Waals surface area contributed by atoms with Gasteiger partial charge in [-0.2, -0.15) is 5.10 Å². The summed E-state index contributed by atoms with van der Waals surface area (Å²) >= 11 is 12.0.